The predicted octanol–water partition coefficient (Wildman–Crippen LogP) is 3.36. The van der Waals surface area contributed by atoms with Crippen LogP contribution in [0.25, 0.3) is 0 Å². The molecule has 0 spiro atoms. The minimum atomic E-state index is -0.0433. The third-order valence-corrected chi connectivity index (χ3v) is 4.92. The first-order chi connectivity index (χ1) is 12.1. The maximum Gasteiger partial charge on any atom is 0.225 e. The number of hydrogen-bond donors (Lipinski definition) is 1. The van der Waals surface area contributed by atoms with Gasteiger partial charge in [-0.15, -0.1) is 0 Å². The van der Waals surface area contributed by atoms with Crippen LogP contribution in [0.5, 0.6) is 0 Å². The molecule has 132 valence electrons. The van der Waals surface area contributed by atoms with E-state index in [1.54, 1.807) is 24.5 Å². The van der Waals surface area contributed by atoms with E-state index in [2.05, 4.69) is 20.2 Å². The largest absolute Gasteiger partial charge is 0.355 e. The van der Waals surface area contributed by atoms with E-state index in [-0.39, 0.29) is 11.8 Å². The summed E-state index contributed by atoms with van der Waals surface area (Å²) in [7, 11) is 0. The Hall–Kier alpha value is -1.85. The van der Waals surface area contributed by atoms with Gasteiger partial charge in [-0.3, -0.25) is 4.79 Å². The molecule has 0 bridgehead atoms. The van der Waals surface area contributed by atoms with Crippen molar-refractivity contribution in [1.82, 2.24) is 15.3 Å². The van der Waals surface area contributed by atoms with Crippen molar-refractivity contribution >= 4 is 35.1 Å². The number of carbonyl (C=O) groups excluding carboxylic acids is 1. The minimum absolute atomic E-state index is 0.0433. The molecular weight excluding hydrogens is 359 g/mol. The van der Waals surface area contributed by atoms with E-state index in [0.29, 0.717) is 35.5 Å². The molecule has 2 aromatic rings. The van der Waals surface area contributed by atoms with Crippen LogP contribution in [-0.2, 0) is 11.2 Å². The lowest BCUT2D eigenvalue weighted by Crippen LogP contribution is -2.44. The molecule has 0 aliphatic carbocycles. The molecule has 7 heteroatoms. The van der Waals surface area contributed by atoms with E-state index in [4.69, 9.17) is 23.2 Å². The van der Waals surface area contributed by atoms with E-state index in [9.17, 15) is 4.79 Å². The Bertz CT molecular complexity index is 726. The molecule has 1 aliphatic rings. The fourth-order valence-corrected chi connectivity index (χ4v) is 3.52. The van der Waals surface area contributed by atoms with Crippen molar-refractivity contribution < 1.29 is 4.79 Å². The summed E-state index contributed by atoms with van der Waals surface area (Å²) in [5, 5.41) is 4.26. The number of carbonyl (C=O) groups is 1. The lowest BCUT2D eigenvalue weighted by Gasteiger charge is -2.31. The number of rotatable bonds is 5. The summed E-state index contributed by atoms with van der Waals surface area (Å²) in [6.07, 6.45) is 5.97. The SMILES string of the molecule is O=C(NCCc1ccc(Cl)cc1Cl)[C@H]1CCCN(c2ncccn2)C1. The third kappa shape index (κ3) is 4.83. The second kappa shape index (κ2) is 8.50. The molecule has 1 atom stereocenters. The van der Waals surface area contributed by atoms with E-state index < -0.39 is 0 Å². The highest BCUT2D eigenvalue weighted by Crippen LogP contribution is 2.22. The smallest absolute Gasteiger partial charge is 0.225 e. The fraction of sp³-hybridized carbons (Fsp3) is 0.389. The predicted molar refractivity (Wildman–Crippen MR) is 100 cm³/mol. The van der Waals surface area contributed by atoms with Crippen molar-refractivity contribution in [3.05, 3.63) is 52.3 Å². The molecule has 5 nitrogen and oxygen atoms in total. The van der Waals surface area contributed by atoms with Gasteiger partial charge in [-0.25, -0.2) is 9.97 Å². The van der Waals surface area contributed by atoms with Crippen LogP contribution in [0.1, 0.15) is 18.4 Å². The van der Waals surface area contributed by atoms with Crippen LogP contribution in [0.15, 0.2) is 36.7 Å². The van der Waals surface area contributed by atoms with E-state index in [1.165, 1.54) is 0 Å². The summed E-state index contributed by atoms with van der Waals surface area (Å²) in [6, 6.07) is 7.22. The van der Waals surface area contributed by atoms with Crippen LogP contribution in [0.2, 0.25) is 10.0 Å². The number of amides is 1. The summed E-state index contributed by atoms with van der Waals surface area (Å²) < 4.78 is 0. The maximum atomic E-state index is 12.5. The first kappa shape index (κ1) is 18.0. The summed E-state index contributed by atoms with van der Waals surface area (Å²) in [4.78, 5) is 23.1. The summed E-state index contributed by atoms with van der Waals surface area (Å²) >= 11 is 12.1. The molecule has 1 aromatic carbocycles. The van der Waals surface area contributed by atoms with Crippen LogP contribution in [-0.4, -0.2) is 35.5 Å². The topological polar surface area (TPSA) is 58.1 Å². The van der Waals surface area contributed by atoms with Crippen LogP contribution in [0.3, 0.4) is 0 Å². The van der Waals surface area contributed by atoms with Gasteiger partial charge in [0.05, 0.1) is 5.92 Å². The molecule has 0 radical (unpaired) electrons. The second-order valence-corrected chi connectivity index (χ2v) is 6.95. The molecular formula is C18H20Cl2N4O. The third-order valence-electron chi connectivity index (χ3n) is 4.34. The normalized spacial score (nSPS) is 17.4. The standard InChI is InChI=1S/C18H20Cl2N4O/c19-15-5-4-13(16(20)11-15)6-9-21-17(25)14-3-1-10-24(12-14)18-22-7-2-8-23-18/h2,4-5,7-8,11,14H,1,3,6,9-10,12H2,(H,21,25)/t14-/m0/s1. The molecule has 2 heterocycles. The highest BCUT2D eigenvalue weighted by molar-refractivity contribution is 6.35. The van der Waals surface area contributed by atoms with Crippen molar-refractivity contribution in [3.8, 4) is 0 Å². The van der Waals surface area contributed by atoms with Gasteiger partial charge in [0.15, 0.2) is 0 Å². The van der Waals surface area contributed by atoms with Gasteiger partial charge in [-0.2, -0.15) is 0 Å². The molecule has 1 N–H and O–H groups in total. The average Bonchev–Trinajstić information content (AvgIpc) is 2.64. The first-order valence-electron chi connectivity index (χ1n) is 8.37. The second-order valence-electron chi connectivity index (χ2n) is 6.11. The Balaban J connectivity index is 1.51. The molecule has 0 saturated carbocycles. The molecule has 1 aliphatic heterocycles. The Morgan fingerprint density at radius 1 is 1.28 bits per heavy atom. The van der Waals surface area contributed by atoms with Crippen molar-refractivity contribution in [2.24, 2.45) is 5.92 Å². The van der Waals surface area contributed by atoms with Crippen LogP contribution >= 0.6 is 23.2 Å². The number of aromatic nitrogens is 2. The van der Waals surface area contributed by atoms with Gasteiger partial charge >= 0.3 is 0 Å². The van der Waals surface area contributed by atoms with Crippen LogP contribution in [0, 0.1) is 5.92 Å². The van der Waals surface area contributed by atoms with Gasteiger partial charge in [-0.1, -0.05) is 29.3 Å². The molecule has 1 amide bonds. The summed E-state index contributed by atoms with van der Waals surface area (Å²) in [6.45, 7) is 2.09. The Morgan fingerprint density at radius 3 is 2.84 bits per heavy atom. The maximum absolute atomic E-state index is 12.5. The summed E-state index contributed by atoms with van der Waals surface area (Å²) in [5.74, 6) is 0.719. The Morgan fingerprint density at radius 2 is 2.08 bits per heavy atom. The highest BCUT2D eigenvalue weighted by Gasteiger charge is 2.26. The zero-order valence-corrected chi connectivity index (χ0v) is 15.3. The van der Waals surface area contributed by atoms with Crippen molar-refractivity contribution in [2.75, 3.05) is 24.5 Å². The number of nitrogens with one attached hydrogen (secondary N) is 1. The van der Waals surface area contributed by atoms with Gasteiger partial charge in [0.25, 0.3) is 0 Å². The van der Waals surface area contributed by atoms with Gasteiger partial charge < -0.3 is 10.2 Å². The van der Waals surface area contributed by atoms with Crippen molar-refractivity contribution in [3.63, 3.8) is 0 Å². The van der Waals surface area contributed by atoms with Crippen molar-refractivity contribution in [2.45, 2.75) is 19.3 Å². The van der Waals surface area contributed by atoms with Gasteiger partial charge in [0, 0.05) is 42.1 Å². The van der Waals surface area contributed by atoms with Gasteiger partial charge in [-0.05, 0) is 43.0 Å². The zero-order valence-electron chi connectivity index (χ0n) is 13.8. The molecule has 3 rings (SSSR count). The fourth-order valence-electron chi connectivity index (χ4n) is 3.02. The number of halogens is 2. The van der Waals surface area contributed by atoms with Gasteiger partial charge in [0.2, 0.25) is 11.9 Å². The molecule has 0 unspecified atom stereocenters. The van der Waals surface area contributed by atoms with Crippen LogP contribution < -0.4 is 10.2 Å². The quantitative estimate of drug-likeness (QED) is 0.866. The number of anilines is 1. The molecule has 1 fully saturated rings. The minimum Gasteiger partial charge on any atom is -0.355 e. The lowest BCUT2D eigenvalue weighted by atomic mass is 9.97. The monoisotopic (exact) mass is 378 g/mol. The number of nitrogens with zero attached hydrogens (tertiary/aromatic N) is 3. The number of benzene rings is 1. The Kier molecular flexibility index (Phi) is 6.10. The van der Waals surface area contributed by atoms with E-state index >= 15 is 0 Å². The number of hydrogen-bond acceptors (Lipinski definition) is 4. The molecule has 1 saturated heterocycles. The van der Waals surface area contributed by atoms with Crippen LogP contribution in [0.4, 0.5) is 5.95 Å². The highest BCUT2D eigenvalue weighted by atomic mass is 35.5. The lowest BCUT2D eigenvalue weighted by molar-refractivity contribution is -0.125. The average molecular weight is 379 g/mol. The summed E-state index contributed by atoms with van der Waals surface area (Å²) in [5.41, 5.74) is 0.981. The van der Waals surface area contributed by atoms with E-state index in [0.717, 1.165) is 24.9 Å². The van der Waals surface area contributed by atoms with Gasteiger partial charge in [0.1, 0.15) is 0 Å². The zero-order chi connectivity index (χ0) is 17.6. The van der Waals surface area contributed by atoms with E-state index in [1.807, 2.05) is 12.1 Å². The molecule has 25 heavy (non-hydrogen) atoms. The first-order valence-corrected chi connectivity index (χ1v) is 9.12. The van der Waals surface area contributed by atoms with Crippen molar-refractivity contribution in [1.29, 1.82) is 0 Å². The molecule has 1 aromatic heterocycles. The Labute approximate surface area is 157 Å². The number of piperidine rings is 1.